The number of hydrogen-bond donors (Lipinski definition) is 0. The maximum atomic E-state index is 2.42. The number of halogens is 1. The molecule has 0 spiro atoms. The molecule has 21 heavy (non-hydrogen) atoms. The Morgan fingerprint density at radius 2 is 1.62 bits per heavy atom. The highest BCUT2D eigenvalue weighted by Crippen LogP contribution is 2.33. The molecule has 0 saturated carbocycles. The van der Waals surface area contributed by atoms with Crippen LogP contribution in [0.5, 0.6) is 0 Å². The van der Waals surface area contributed by atoms with Gasteiger partial charge in [-0.3, -0.25) is 0 Å². The van der Waals surface area contributed by atoms with Crippen molar-refractivity contribution in [3.8, 4) is 0 Å². The van der Waals surface area contributed by atoms with Crippen molar-refractivity contribution in [1.29, 1.82) is 0 Å². The molecule has 0 heterocycles. The van der Waals surface area contributed by atoms with E-state index >= 15 is 0 Å². The summed E-state index contributed by atoms with van der Waals surface area (Å²) in [5.41, 5.74) is 1.35. The molecule has 0 N–H and O–H groups in total. The topological polar surface area (TPSA) is 0 Å². The molecule has 0 aromatic heterocycles. The first-order valence-electron chi connectivity index (χ1n) is 7.20. The number of fused-ring (bicyclic) bond motifs is 2. The van der Waals surface area contributed by atoms with Gasteiger partial charge in [0.2, 0.25) is 0 Å². The summed E-state index contributed by atoms with van der Waals surface area (Å²) >= 11 is 2.42. The second-order valence-corrected chi connectivity index (χ2v) is 6.80. The van der Waals surface area contributed by atoms with E-state index in [4.69, 9.17) is 0 Å². The quantitative estimate of drug-likeness (QED) is 0.212. The largest absolute Gasteiger partial charge is 0.0791 e. The van der Waals surface area contributed by atoms with E-state index in [2.05, 4.69) is 91.0 Å². The van der Waals surface area contributed by atoms with Gasteiger partial charge in [-0.15, -0.1) is 0 Å². The molecule has 4 rings (SSSR count). The second-order valence-electron chi connectivity index (χ2n) is 5.56. The molecule has 0 radical (unpaired) electrons. The molecular formula is C20H15I. The van der Waals surface area contributed by atoms with Crippen LogP contribution < -0.4 is 5.22 Å². The highest BCUT2D eigenvalue weighted by molar-refractivity contribution is 14.1. The molecule has 0 aliphatic carbocycles. The molecule has 0 aliphatic heterocycles. The van der Waals surface area contributed by atoms with E-state index in [1.54, 1.807) is 0 Å². The van der Waals surface area contributed by atoms with Gasteiger partial charge in [0.15, 0.2) is 0 Å². The molecule has 0 aliphatic rings. The molecule has 0 amide bonds. The Labute approximate surface area is 137 Å². The Hall–Kier alpha value is -1.61. The fourth-order valence-corrected chi connectivity index (χ4v) is 4.16. The SMILES string of the molecule is C/C=c1/c2cccc3cc(I)cc(c4cccc(C)c14)c32. The zero-order valence-electron chi connectivity index (χ0n) is 12.1. The summed E-state index contributed by atoms with van der Waals surface area (Å²) in [6.45, 7) is 4.35. The maximum Gasteiger partial charge on any atom is 0.0142 e. The molecule has 4 aromatic carbocycles. The number of benzene rings is 4. The lowest BCUT2D eigenvalue weighted by molar-refractivity contribution is 1.52. The van der Waals surface area contributed by atoms with Crippen LogP contribution in [0.2, 0.25) is 0 Å². The van der Waals surface area contributed by atoms with Gasteiger partial charge in [0.25, 0.3) is 0 Å². The van der Waals surface area contributed by atoms with Gasteiger partial charge in [0, 0.05) is 3.57 Å². The predicted molar refractivity (Wildman–Crippen MR) is 102 cm³/mol. The average molecular weight is 382 g/mol. The summed E-state index contributed by atoms with van der Waals surface area (Å²) in [5, 5.41) is 9.58. The van der Waals surface area contributed by atoms with Crippen LogP contribution in [-0.4, -0.2) is 0 Å². The Bertz CT molecular complexity index is 1060. The van der Waals surface area contributed by atoms with Crippen molar-refractivity contribution in [3.05, 3.63) is 62.9 Å². The third kappa shape index (κ3) is 1.80. The van der Waals surface area contributed by atoms with Gasteiger partial charge < -0.3 is 0 Å². The van der Waals surface area contributed by atoms with Crippen LogP contribution >= 0.6 is 22.6 Å². The van der Waals surface area contributed by atoms with Crippen molar-refractivity contribution in [1.82, 2.24) is 0 Å². The van der Waals surface area contributed by atoms with Crippen molar-refractivity contribution < 1.29 is 0 Å². The van der Waals surface area contributed by atoms with Crippen LogP contribution in [0.25, 0.3) is 38.4 Å². The van der Waals surface area contributed by atoms with Crippen molar-refractivity contribution in [2.75, 3.05) is 0 Å². The second kappa shape index (κ2) is 4.70. The fourth-order valence-electron chi connectivity index (χ4n) is 3.51. The van der Waals surface area contributed by atoms with Crippen LogP contribution in [0.15, 0.2) is 48.5 Å². The summed E-state index contributed by atoms with van der Waals surface area (Å²) in [4.78, 5) is 0. The van der Waals surface area contributed by atoms with E-state index in [0.717, 1.165) is 0 Å². The smallest absolute Gasteiger partial charge is 0.0142 e. The van der Waals surface area contributed by atoms with Crippen LogP contribution in [0.4, 0.5) is 0 Å². The third-order valence-corrected chi connectivity index (χ3v) is 4.98. The highest BCUT2D eigenvalue weighted by Gasteiger charge is 2.11. The van der Waals surface area contributed by atoms with Crippen molar-refractivity contribution in [3.63, 3.8) is 0 Å². The summed E-state index contributed by atoms with van der Waals surface area (Å²) in [7, 11) is 0. The molecule has 0 unspecified atom stereocenters. The molecular weight excluding hydrogens is 367 g/mol. The van der Waals surface area contributed by atoms with E-state index in [1.165, 1.54) is 46.7 Å². The Morgan fingerprint density at radius 1 is 0.857 bits per heavy atom. The molecule has 102 valence electrons. The Kier molecular flexibility index (Phi) is 2.93. The zero-order valence-corrected chi connectivity index (χ0v) is 14.2. The number of aryl methyl sites for hydroxylation is 1. The Morgan fingerprint density at radius 3 is 2.43 bits per heavy atom. The average Bonchev–Trinajstić information content (AvgIpc) is 2.48. The summed E-state index contributed by atoms with van der Waals surface area (Å²) in [6, 6.07) is 17.9. The lowest BCUT2D eigenvalue weighted by Crippen LogP contribution is -2.06. The minimum absolute atomic E-state index is 1.30. The number of rotatable bonds is 0. The lowest BCUT2D eigenvalue weighted by atomic mass is 9.91. The fraction of sp³-hybridized carbons (Fsp3) is 0.100. The molecule has 0 nitrogen and oxygen atoms in total. The summed E-state index contributed by atoms with van der Waals surface area (Å²) in [6.07, 6.45) is 2.25. The van der Waals surface area contributed by atoms with E-state index in [0.29, 0.717) is 0 Å². The van der Waals surface area contributed by atoms with Gasteiger partial charge in [0.05, 0.1) is 0 Å². The van der Waals surface area contributed by atoms with Crippen molar-refractivity contribution in [2.24, 2.45) is 0 Å². The van der Waals surface area contributed by atoms with Crippen molar-refractivity contribution in [2.45, 2.75) is 13.8 Å². The van der Waals surface area contributed by atoms with Gasteiger partial charge in [0.1, 0.15) is 0 Å². The predicted octanol–water partition coefficient (Wildman–Crippen LogP) is 5.58. The highest BCUT2D eigenvalue weighted by atomic mass is 127. The first-order chi connectivity index (χ1) is 10.2. The molecule has 0 saturated heterocycles. The molecule has 0 fully saturated rings. The first kappa shape index (κ1) is 13.1. The van der Waals surface area contributed by atoms with Gasteiger partial charge >= 0.3 is 0 Å². The van der Waals surface area contributed by atoms with Crippen LogP contribution in [0.1, 0.15) is 12.5 Å². The van der Waals surface area contributed by atoms with E-state index in [-0.39, 0.29) is 0 Å². The molecule has 0 bridgehead atoms. The minimum Gasteiger partial charge on any atom is -0.0791 e. The lowest BCUT2D eigenvalue weighted by Gasteiger charge is -2.13. The van der Waals surface area contributed by atoms with Gasteiger partial charge in [-0.1, -0.05) is 42.5 Å². The van der Waals surface area contributed by atoms with E-state index < -0.39 is 0 Å². The maximum absolute atomic E-state index is 2.42. The molecule has 1 heteroatoms. The monoisotopic (exact) mass is 382 g/mol. The summed E-state index contributed by atoms with van der Waals surface area (Å²) in [5.74, 6) is 0. The normalized spacial score (nSPS) is 12.8. The van der Waals surface area contributed by atoms with E-state index in [1.807, 2.05) is 0 Å². The minimum atomic E-state index is 1.30. The van der Waals surface area contributed by atoms with Crippen LogP contribution in [0.3, 0.4) is 0 Å². The van der Waals surface area contributed by atoms with E-state index in [9.17, 15) is 0 Å². The third-order valence-electron chi connectivity index (χ3n) is 4.35. The molecule has 4 aromatic rings. The van der Waals surface area contributed by atoms with Gasteiger partial charge in [-0.2, -0.15) is 0 Å². The van der Waals surface area contributed by atoms with Crippen LogP contribution in [-0.2, 0) is 0 Å². The summed E-state index contributed by atoms with van der Waals surface area (Å²) < 4.78 is 1.30. The first-order valence-corrected chi connectivity index (χ1v) is 8.28. The standard InChI is InChI=1S/C20H15I/c1-3-15-16-9-5-7-13-10-14(21)11-18(20(13)16)17-8-4-6-12(2)19(15)17/h3-11H,1-2H3/b15-3-. The van der Waals surface area contributed by atoms with Gasteiger partial charge in [-0.25, -0.2) is 0 Å². The Balaban J connectivity index is 2.52. The van der Waals surface area contributed by atoms with Crippen molar-refractivity contribution >= 4 is 61.0 Å². The molecule has 0 atom stereocenters. The van der Waals surface area contributed by atoms with Crippen LogP contribution in [0, 0.1) is 10.5 Å². The number of hydrogen-bond acceptors (Lipinski definition) is 0. The zero-order chi connectivity index (χ0) is 14.6. The van der Waals surface area contributed by atoms with Gasteiger partial charge in [-0.05, 0) is 91.7 Å².